The molecule has 3 rings (SSSR count). The van der Waals surface area contributed by atoms with Crippen molar-refractivity contribution >= 4 is 18.0 Å². The lowest BCUT2D eigenvalue weighted by Crippen LogP contribution is -2.38. The number of amides is 1. The largest absolute Gasteiger partial charge is 0.483 e. The number of carbonyl (C=O) groups is 2. The van der Waals surface area contributed by atoms with E-state index in [2.05, 4.69) is 32.1 Å². The minimum absolute atomic E-state index is 0.0635. The highest BCUT2D eigenvalue weighted by molar-refractivity contribution is 5.78. The van der Waals surface area contributed by atoms with Crippen LogP contribution in [0.2, 0.25) is 0 Å². The van der Waals surface area contributed by atoms with Gasteiger partial charge in [-0.2, -0.15) is 0 Å². The van der Waals surface area contributed by atoms with Gasteiger partial charge in [-0.15, -0.1) is 0 Å². The second-order valence-corrected chi connectivity index (χ2v) is 5.87. The average molecular weight is 348 g/mol. The van der Waals surface area contributed by atoms with Gasteiger partial charge < -0.3 is 15.3 Å². The molecule has 0 saturated carbocycles. The van der Waals surface area contributed by atoms with Crippen LogP contribution in [0, 0.1) is 0 Å². The van der Waals surface area contributed by atoms with Gasteiger partial charge in [0.15, 0.2) is 5.65 Å². The molecule has 9 nitrogen and oxygen atoms in total. The number of nitrogens with one attached hydrogen (secondary N) is 1. The van der Waals surface area contributed by atoms with Crippen LogP contribution in [0.5, 0.6) is 0 Å². The Bertz CT molecular complexity index is 689. The highest BCUT2D eigenvalue weighted by Crippen LogP contribution is 2.04. The van der Waals surface area contributed by atoms with E-state index in [0.29, 0.717) is 13.1 Å². The molecule has 0 atom stereocenters. The zero-order valence-corrected chi connectivity index (χ0v) is 14.3. The van der Waals surface area contributed by atoms with Gasteiger partial charge in [-0.25, -0.2) is 4.98 Å². The van der Waals surface area contributed by atoms with Gasteiger partial charge in [0, 0.05) is 25.5 Å². The summed E-state index contributed by atoms with van der Waals surface area (Å²) >= 11 is 0. The van der Waals surface area contributed by atoms with Crippen molar-refractivity contribution in [2.24, 2.45) is 0 Å². The van der Waals surface area contributed by atoms with E-state index in [1.807, 2.05) is 10.6 Å². The molecule has 25 heavy (non-hydrogen) atoms. The first-order valence-corrected chi connectivity index (χ1v) is 8.15. The topological polar surface area (TPSA) is 103 Å². The summed E-state index contributed by atoms with van der Waals surface area (Å²) in [4.78, 5) is 33.3. The van der Waals surface area contributed by atoms with Crippen molar-refractivity contribution in [3.05, 3.63) is 30.5 Å². The van der Waals surface area contributed by atoms with Crippen molar-refractivity contribution < 1.29 is 14.7 Å². The first-order chi connectivity index (χ1) is 12.1. The van der Waals surface area contributed by atoms with Gasteiger partial charge in [0.2, 0.25) is 5.91 Å². The number of hydrogen-bond donors (Lipinski definition) is 2. The van der Waals surface area contributed by atoms with E-state index in [1.54, 1.807) is 18.6 Å². The van der Waals surface area contributed by atoms with Crippen LogP contribution in [0.4, 0.5) is 0 Å². The van der Waals surface area contributed by atoms with Crippen LogP contribution < -0.4 is 5.32 Å². The van der Waals surface area contributed by atoms with E-state index in [4.69, 9.17) is 9.90 Å². The third kappa shape index (κ3) is 5.80. The van der Waals surface area contributed by atoms with Crippen LogP contribution in [-0.2, 0) is 16.1 Å². The molecule has 0 unspecified atom stereocenters. The summed E-state index contributed by atoms with van der Waals surface area (Å²) < 4.78 is 1.94. The summed E-state index contributed by atoms with van der Waals surface area (Å²) in [6.45, 7) is 4.76. The average Bonchev–Trinajstić information content (AvgIpc) is 2.90. The van der Waals surface area contributed by atoms with Gasteiger partial charge in [-0.05, 0) is 26.6 Å². The van der Waals surface area contributed by atoms with E-state index >= 15 is 0 Å². The maximum absolute atomic E-state index is 12.1. The number of fused-ring (bicyclic) bond motifs is 1. The van der Waals surface area contributed by atoms with Crippen molar-refractivity contribution in [3.63, 3.8) is 0 Å². The summed E-state index contributed by atoms with van der Waals surface area (Å²) in [5.41, 5.74) is 1.75. The van der Waals surface area contributed by atoms with Crippen molar-refractivity contribution in [2.45, 2.75) is 13.0 Å². The maximum Gasteiger partial charge on any atom is 0.290 e. The van der Waals surface area contributed by atoms with Crippen LogP contribution in [0.25, 0.3) is 5.65 Å². The zero-order valence-electron chi connectivity index (χ0n) is 14.3. The predicted octanol–water partition coefficient (Wildman–Crippen LogP) is -0.316. The van der Waals surface area contributed by atoms with Crippen LogP contribution in [0.15, 0.2) is 24.8 Å². The maximum atomic E-state index is 12.1. The molecule has 1 fully saturated rings. The van der Waals surface area contributed by atoms with Crippen LogP contribution in [0.3, 0.4) is 0 Å². The Morgan fingerprint density at radius 1 is 1.32 bits per heavy atom. The molecule has 1 amide bonds. The summed E-state index contributed by atoms with van der Waals surface area (Å²) in [5, 5.41) is 9.87. The number of carbonyl (C=O) groups excluding carboxylic acids is 1. The summed E-state index contributed by atoms with van der Waals surface area (Å²) in [5.74, 6) is 0.0635. The number of likely N-dealkylation sites (N-methyl/N-ethyl adjacent to an activating group) is 1. The van der Waals surface area contributed by atoms with E-state index in [0.717, 1.165) is 43.9 Å². The number of carboxylic acid groups (broad SMARTS) is 1. The normalized spacial score (nSPS) is 15.9. The standard InChI is InChI=1S/C15H22N6O.CH2O2/c1-19-4-2-5-20(8-7-19)12-15(22)18-10-13-9-17-14-11-16-3-6-21(13)14;2-1-3/h3,6,9,11H,2,4-5,7-8,10,12H2,1H3,(H,18,22);1H,(H,2,3). The SMILES string of the molecule is CN1CCCN(CC(=O)NCc2cnc3cnccn23)CC1.O=CO. The van der Waals surface area contributed by atoms with Crippen LogP contribution in [-0.4, -0.2) is 81.4 Å². The van der Waals surface area contributed by atoms with Crippen molar-refractivity contribution in [1.82, 2.24) is 29.5 Å². The zero-order chi connectivity index (χ0) is 18.1. The van der Waals surface area contributed by atoms with E-state index in [-0.39, 0.29) is 12.4 Å². The Morgan fingerprint density at radius 3 is 2.92 bits per heavy atom. The third-order valence-electron chi connectivity index (χ3n) is 4.04. The molecule has 2 N–H and O–H groups in total. The van der Waals surface area contributed by atoms with Crippen molar-refractivity contribution in [3.8, 4) is 0 Å². The van der Waals surface area contributed by atoms with E-state index in [1.165, 1.54) is 0 Å². The molecule has 0 spiro atoms. The molecule has 0 aromatic carbocycles. The minimum Gasteiger partial charge on any atom is -0.483 e. The Kier molecular flexibility index (Phi) is 7.30. The second kappa shape index (κ2) is 9.70. The fraction of sp³-hybridized carbons (Fsp3) is 0.500. The molecular weight excluding hydrogens is 324 g/mol. The summed E-state index contributed by atoms with van der Waals surface area (Å²) in [6.07, 6.45) is 8.17. The van der Waals surface area contributed by atoms with Gasteiger partial charge in [0.1, 0.15) is 0 Å². The summed E-state index contributed by atoms with van der Waals surface area (Å²) in [6, 6.07) is 0. The second-order valence-electron chi connectivity index (χ2n) is 5.87. The lowest BCUT2D eigenvalue weighted by atomic mass is 10.3. The van der Waals surface area contributed by atoms with Crippen molar-refractivity contribution in [1.29, 1.82) is 0 Å². The molecule has 0 radical (unpaired) electrons. The third-order valence-corrected chi connectivity index (χ3v) is 4.04. The number of hydrogen-bond acceptors (Lipinski definition) is 6. The lowest BCUT2D eigenvalue weighted by Gasteiger charge is -2.19. The Labute approximate surface area is 146 Å². The molecular formula is C16H24N6O3. The lowest BCUT2D eigenvalue weighted by molar-refractivity contribution is -0.123. The quantitative estimate of drug-likeness (QED) is 0.730. The monoisotopic (exact) mass is 348 g/mol. The molecule has 9 heteroatoms. The Balaban J connectivity index is 0.000000701. The fourth-order valence-corrected chi connectivity index (χ4v) is 2.73. The first kappa shape index (κ1) is 18.8. The van der Waals surface area contributed by atoms with Crippen LogP contribution >= 0.6 is 0 Å². The predicted molar refractivity (Wildman–Crippen MR) is 92.1 cm³/mol. The Hall–Kier alpha value is -2.52. The van der Waals surface area contributed by atoms with Crippen molar-refractivity contribution in [2.75, 3.05) is 39.8 Å². The highest BCUT2D eigenvalue weighted by atomic mass is 16.3. The molecule has 1 aliphatic rings. The molecule has 3 heterocycles. The number of aromatic nitrogens is 3. The molecule has 0 bridgehead atoms. The van der Waals surface area contributed by atoms with Gasteiger partial charge in [0.25, 0.3) is 6.47 Å². The molecule has 2 aromatic heterocycles. The molecule has 1 aliphatic heterocycles. The van der Waals surface area contributed by atoms with E-state index < -0.39 is 0 Å². The minimum atomic E-state index is -0.250. The highest BCUT2D eigenvalue weighted by Gasteiger charge is 2.15. The molecule has 1 saturated heterocycles. The van der Waals surface area contributed by atoms with Crippen LogP contribution in [0.1, 0.15) is 12.1 Å². The van der Waals surface area contributed by atoms with Gasteiger partial charge in [-0.3, -0.25) is 23.9 Å². The van der Waals surface area contributed by atoms with Gasteiger partial charge >= 0.3 is 0 Å². The molecule has 0 aliphatic carbocycles. The smallest absolute Gasteiger partial charge is 0.290 e. The molecule has 2 aromatic rings. The van der Waals surface area contributed by atoms with E-state index in [9.17, 15) is 4.79 Å². The Morgan fingerprint density at radius 2 is 2.12 bits per heavy atom. The molecule has 136 valence electrons. The fourth-order valence-electron chi connectivity index (χ4n) is 2.73. The summed E-state index contributed by atoms with van der Waals surface area (Å²) in [7, 11) is 2.13. The number of imidazole rings is 1. The van der Waals surface area contributed by atoms with Gasteiger partial charge in [-0.1, -0.05) is 0 Å². The number of rotatable bonds is 4. The first-order valence-electron chi connectivity index (χ1n) is 8.15. The van der Waals surface area contributed by atoms with Gasteiger partial charge in [0.05, 0.1) is 31.2 Å². The number of nitrogens with zero attached hydrogens (tertiary/aromatic N) is 5.